The number of amides is 1. The molecule has 3 N–H and O–H groups in total. The van der Waals surface area contributed by atoms with Gasteiger partial charge in [0.1, 0.15) is 18.2 Å². The molecule has 29 heavy (non-hydrogen) atoms. The Morgan fingerprint density at radius 2 is 1.79 bits per heavy atom. The minimum Gasteiger partial charge on any atom is -0.489 e. The number of primary sulfonamides is 1. The number of halogens is 1. The summed E-state index contributed by atoms with van der Waals surface area (Å²) in [6, 6.07) is 16.9. The Hall–Kier alpha value is -3.23. The number of carbonyl (C=O) groups excluding carboxylic acids is 1. The van der Waals surface area contributed by atoms with Crippen LogP contribution in [0.1, 0.15) is 21.5 Å². The lowest BCUT2D eigenvalue weighted by atomic mass is 10.2. The molecule has 0 aliphatic carbocycles. The summed E-state index contributed by atoms with van der Waals surface area (Å²) in [4.78, 5) is 12.5. The van der Waals surface area contributed by atoms with Crippen LogP contribution in [0.2, 0.25) is 0 Å². The van der Waals surface area contributed by atoms with Gasteiger partial charge in [0.25, 0.3) is 5.91 Å². The molecule has 0 heterocycles. The van der Waals surface area contributed by atoms with Crippen LogP contribution in [0, 0.1) is 12.7 Å². The van der Waals surface area contributed by atoms with E-state index in [2.05, 4.69) is 5.32 Å². The van der Waals surface area contributed by atoms with Crippen molar-refractivity contribution >= 4 is 21.6 Å². The van der Waals surface area contributed by atoms with E-state index in [1.807, 2.05) is 0 Å². The molecule has 0 saturated heterocycles. The molecule has 6 nitrogen and oxygen atoms in total. The van der Waals surface area contributed by atoms with Crippen molar-refractivity contribution in [2.75, 3.05) is 5.32 Å². The molecule has 0 atom stereocenters. The Morgan fingerprint density at radius 3 is 2.48 bits per heavy atom. The fourth-order valence-electron chi connectivity index (χ4n) is 2.66. The second kappa shape index (κ2) is 8.42. The van der Waals surface area contributed by atoms with Crippen molar-refractivity contribution in [2.24, 2.45) is 5.14 Å². The molecular weight excluding hydrogens is 395 g/mol. The maximum atomic E-state index is 13.0. The Balaban J connectivity index is 1.72. The number of hydrogen-bond acceptors (Lipinski definition) is 4. The quantitative estimate of drug-likeness (QED) is 0.644. The first-order valence-corrected chi connectivity index (χ1v) is 10.2. The van der Waals surface area contributed by atoms with Crippen molar-refractivity contribution in [1.29, 1.82) is 0 Å². The van der Waals surface area contributed by atoms with Gasteiger partial charge in [-0.25, -0.2) is 17.9 Å². The van der Waals surface area contributed by atoms with Gasteiger partial charge in [0.2, 0.25) is 10.0 Å². The zero-order valence-corrected chi connectivity index (χ0v) is 16.4. The number of rotatable bonds is 6. The summed E-state index contributed by atoms with van der Waals surface area (Å²) in [5, 5.41) is 7.85. The van der Waals surface area contributed by atoms with Crippen LogP contribution in [-0.4, -0.2) is 14.3 Å². The van der Waals surface area contributed by atoms with Crippen LogP contribution in [0.4, 0.5) is 10.1 Å². The number of benzene rings is 3. The highest BCUT2D eigenvalue weighted by Crippen LogP contribution is 2.21. The molecule has 1 amide bonds. The van der Waals surface area contributed by atoms with Crippen molar-refractivity contribution < 1.29 is 22.3 Å². The molecule has 0 saturated carbocycles. The van der Waals surface area contributed by atoms with Gasteiger partial charge in [-0.2, -0.15) is 0 Å². The van der Waals surface area contributed by atoms with E-state index < -0.39 is 15.9 Å². The van der Waals surface area contributed by atoms with Gasteiger partial charge < -0.3 is 10.1 Å². The van der Waals surface area contributed by atoms with E-state index >= 15 is 0 Å². The van der Waals surface area contributed by atoms with Gasteiger partial charge >= 0.3 is 0 Å². The first kappa shape index (κ1) is 20.5. The van der Waals surface area contributed by atoms with Crippen LogP contribution in [0.15, 0.2) is 71.6 Å². The Kier molecular flexibility index (Phi) is 5.95. The predicted molar refractivity (Wildman–Crippen MR) is 108 cm³/mol. The van der Waals surface area contributed by atoms with E-state index in [-0.39, 0.29) is 17.3 Å². The predicted octanol–water partition coefficient (Wildman–Crippen LogP) is 3.61. The molecule has 0 unspecified atom stereocenters. The fraction of sp³-hybridized carbons (Fsp3) is 0.0952. The molecule has 150 valence electrons. The molecule has 3 rings (SSSR count). The average Bonchev–Trinajstić information content (AvgIpc) is 2.68. The highest BCUT2D eigenvalue weighted by atomic mass is 32.2. The first-order chi connectivity index (χ1) is 13.7. The van der Waals surface area contributed by atoms with Crippen molar-refractivity contribution in [3.05, 3.63) is 89.2 Å². The van der Waals surface area contributed by atoms with Crippen LogP contribution in [0.3, 0.4) is 0 Å². The summed E-state index contributed by atoms with van der Waals surface area (Å²) in [5.74, 6) is -0.285. The molecular formula is C21H19FN2O4S. The van der Waals surface area contributed by atoms with E-state index in [9.17, 15) is 17.6 Å². The fourth-order valence-corrected chi connectivity index (χ4v) is 3.47. The third-order valence-corrected chi connectivity index (χ3v) is 5.22. The topological polar surface area (TPSA) is 98.5 Å². The number of nitrogens with two attached hydrogens (primary N) is 1. The number of nitrogens with one attached hydrogen (secondary N) is 1. The van der Waals surface area contributed by atoms with E-state index in [0.717, 1.165) is 5.56 Å². The number of hydrogen-bond donors (Lipinski definition) is 2. The van der Waals surface area contributed by atoms with Crippen molar-refractivity contribution in [2.45, 2.75) is 18.4 Å². The number of anilines is 1. The van der Waals surface area contributed by atoms with Crippen LogP contribution in [-0.2, 0) is 16.6 Å². The van der Waals surface area contributed by atoms with Gasteiger partial charge in [-0.1, -0.05) is 24.3 Å². The summed E-state index contributed by atoms with van der Waals surface area (Å²) >= 11 is 0. The molecule has 0 aromatic heterocycles. The number of sulfonamides is 1. The number of ether oxygens (including phenoxy) is 1. The molecule has 0 fully saturated rings. The van der Waals surface area contributed by atoms with E-state index in [1.54, 1.807) is 55.5 Å². The molecule has 0 aliphatic rings. The summed E-state index contributed by atoms with van der Waals surface area (Å²) in [6.45, 7) is 1.84. The summed E-state index contributed by atoms with van der Waals surface area (Å²) < 4.78 is 41.9. The minimum atomic E-state index is -3.89. The smallest absolute Gasteiger partial charge is 0.255 e. The average molecular weight is 414 g/mol. The van der Waals surface area contributed by atoms with E-state index in [1.165, 1.54) is 18.2 Å². The van der Waals surface area contributed by atoms with Crippen molar-refractivity contribution in [1.82, 2.24) is 0 Å². The third kappa shape index (κ3) is 5.40. The van der Waals surface area contributed by atoms with Gasteiger partial charge in [0.05, 0.1) is 4.90 Å². The number of carbonyl (C=O) groups is 1. The maximum absolute atomic E-state index is 13.0. The monoisotopic (exact) mass is 414 g/mol. The molecule has 0 bridgehead atoms. The van der Waals surface area contributed by atoms with Crippen LogP contribution < -0.4 is 15.2 Å². The van der Waals surface area contributed by atoms with E-state index in [4.69, 9.17) is 9.88 Å². The minimum absolute atomic E-state index is 0.0494. The SMILES string of the molecule is Cc1ccc(NC(=O)c2cccc(OCc3ccc(F)cc3)c2)cc1S(N)(=O)=O. The standard InChI is InChI=1S/C21H19FN2O4S/c1-14-5-10-18(12-20(14)29(23,26)27)24-21(25)16-3-2-4-19(11-16)28-13-15-6-8-17(22)9-7-15/h2-12H,13H2,1H3,(H,24,25)(H2,23,26,27). The summed E-state index contributed by atoms with van der Waals surface area (Å²) in [5.41, 5.74) is 1.92. The van der Waals surface area contributed by atoms with Crippen LogP contribution in [0.5, 0.6) is 5.75 Å². The normalized spacial score (nSPS) is 11.1. The zero-order valence-electron chi connectivity index (χ0n) is 15.6. The molecule has 3 aromatic carbocycles. The van der Waals surface area contributed by atoms with Crippen molar-refractivity contribution in [3.8, 4) is 5.75 Å². The number of aryl methyl sites for hydroxylation is 1. The Bertz CT molecular complexity index is 1150. The highest BCUT2D eigenvalue weighted by molar-refractivity contribution is 7.89. The first-order valence-electron chi connectivity index (χ1n) is 8.64. The lowest BCUT2D eigenvalue weighted by Gasteiger charge is -2.10. The molecule has 0 spiro atoms. The Morgan fingerprint density at radius 1 is 1.07 bits per heavy atom. The Labute approximate surface area is 168 Å². The van der Waals surface area contributed by atoms with Gasteiger partial charge in [0.15, 0.2) is 0 Å². The lowest BCUT2D eigenvalue weighted by Crippen LogP contribution is -2.16. The lowest BCUT2D eigenvalue weighted by molar-refractivity contribution is 0.102. The summed E-state index contributed by atoms with van der Waals surface area (Å²) in [6.07, 6.45) is 0. The second-order valence-electron chi connectivity index (χ2n) is 6.42. The van der Waals surface area contributed by atoms with Crippen LogP contribution in [0.25, 0.3) is 0 Å². The third-order valence-electron chi connectivity index (χ3n) is 4.17. The highest BCUT2D eigenvalue weighted by Gasteiger charge is 2.14. The van der Waals surface area contributed by atoms with Gasteiger partial charge in [-0.05, 0) is 60.5 Å². The second-order valence-corrected chi connectivity index (χ2v) is 7.95. The largest absolute Gasteiger partial charge is 0.489 e. The molecule has 3 aromatic rings. The van der Waals surface area contributed by atoms with Gasteiger partial charge in [-0.3, -0.25) is 4.79 Å². The van der Waals surface area contributed by atoms with Crippen LogP contribution >= 0.6 is 0 Å². The van der Waals surface area contributed by atoms with Crippen molar-refractivity contribution in [3.63, 3.8) is 0 Å². The van der Waals surface area contributed by atoms with E-state index in [0.29, 0.717) is 22.6 Å². The molecule has 0 aliphatic heterocycles. The molecule has 0 radical (unpaired) electrons. The van der Waals surface area contributed by atoms with Gasteiger partial charge in [-0.15, -0.1) is 0 Å². The maximum Gasteiger partial charge on any atom is 0.255 e. The summed E-state index contributed by atoms with van der Waals surface area (Å²) in [7, 11) is -3.89. The zero-order chi connectivity index (χ0) is 21.0. The van der Waals surface area contributed by atoms with Gasteiger partial charge in [0, 0.05) is 11.3 Å². The molecule has 8 heteroatoms.